The molecule has 0 bridgehead atoms. The zero-order valence-electron chi connectivity index (χ0n) is 26.4. The number of anilines is 3. The first-order chi connectivity index (χ1) is 24.3. The van der Waals surface area contributed by atoms with Gasteiger partial charge in [-0.15, -0.1) is 0 Å². The number of aromatic nitrogens is 5. The lowest BCUT2D eigenvalue weighted by atomic mass is 10.1. The second-order valence-corrected chi connectivity index (χ2v) is 11.6. The molecule has 20 heteroatoms. The van der Waals surface area contributed by atoms with E-state index in [2.05, 4.69) is 46.6 Å². The summed E-state index contributed by atoms with van der Waals surface area (Å²) in [6.07, 6.45) is -0.0276. The van der Waals surface area contributed by atoms with Crippen LogP contribution >= 0.6 is 11.6 Å². The van der Waals surface area contributed by atoms with Crippen molar-refractivity contribution in [2.75, 3.05) is 30.3 Å². The van der Waals surface area contributed by atoms with Crippen LogP contribution in [0.1, 0.15) is 28.8 Å². The van der Waals surface area contributed by atoms with E-state index >= 15 is 0 Å². The van der Waals surface area contributed by atoms with Crippen LogP contribution in [0.2, 0.25) is 5.02 Å². The first kappa shape index (κ1) is 36.3. The van der Waals surface area contributed by atoms with Crippen molar-refractivity contribution in [2.45, 2.75) is 37.1 Å². The van der Waals surface area contributed by atoms with Gasteiger partial charge in [-0.05, 0) is 60.9 Å². The maximum absolute atomic E-state index is 12.9. The third-order valence-corrected chi connectivity index (χ3v) is 7.59. The van der Waals surface area contributed by atoms with Crippen LogP contribution in [0.3, 0.4) is 0 Å². The van der Waals surface area contributed by atoms with Gasteiger partial charge in [-0.3, -0.25) is 19.1 Å². The number of carbonyl (C=O) groups excluding carboxylic acids is 3. The van der Waals surface area contributed by atoms with Crippen molar-refractivity contribution in [2.24, 2.45) is 0 Å². The third-order valence-electron chi connectivity index (χ3n) is 7.34. The average Bonchev–Trinajstić information content (AvgIpc) is 3.67. The molecule has 2 aromatic heterocycles. The molecule has 4 aromatic rings. The van der Waals surface area contributed by atoms with Crippen LogP contribution < -0.4 is 31.3 Å². The van der Waals surface area contributed by atoms with Gasteiger partial charge in [0.2, 0.25) is 11.9 Å². The predicted octanol–water partition coefficient (Wildman–Crippen LogP) is 2.62. The molecule has 5 rings (SSSR count). The highest BCUT2D eigenvalue weighted by Gasteiger charge is 2.45. The van der Waals surface area contributed by atoms with Crippen LogP contribution in [0, 0.1) is 0 Å². The molecule has 0 aliphatic heterocycles. The third kappa shape index (κ3) is 10.5. The van der Waals surface area contributed by atoms with Gasteiger partial charge in [0.05, 0.1) is 12.1 Å². The zero-order valence-corrected chi connectivity index (χ0v) is 27.2. The number of aliphatic carboxylic acids is 1. The van der Waals surface area contributed by atoms with E-state index < -0.39 is 60.6 Å². The largest absolute Gasteiger partial charge is 0.480 e. The number of carboxylic acid groups (broad SMARTS) is 1. The predicted molar refractivity (Wildman–Crippen MR) is 174 cm³/mol. The summed E-state index contributed by atoms with van der Waals surface area (Å²) in [5, 5.41) is 26.9. The molecule has 51 heavy (non-hydrogen) atoms. The van der Waals surface area contributed by atoms with Gasteiger partial charge < -0.3 is 36.4 Å². The van der Waals surface area contributed by atoms with Gasteiger partial charge >= 0.3 is 30.0 Å². The Hall–Kier alpha value is -5.98. The van der Waals surface area contributed by atoms with E-state index in [4.69, 9.17) is 16.3 Å². The van der Waals surface area contributed by atoms with E-state index in [1.807, 2.05) is 12.1 Å². The lowest BCUT2D eigenvalue weighted by Gasteiger charge is -2.19. The molecule has 6 N–H and O–H groups in total. The topological polar surface area (TPSA) is 214 Å². The van der Waals surface area contributed by atoms with E-state index in [1.165, 1.54) is 24.3 Å². The van der Waals surface area contributed by atoms with Crippen LogP contribution in [0.25, 0.3) is 0 Å². The Morgan fingerprint density at radius 1 is 0.961 bits per heavy atom. The molecule has 0 unspecified atom stereocenters. The number of ether oxygens (including phenoxy) is 1. The minimum Gasteiger partial charge on any atom is -0.480 e. The van der Waals surface area contributed by atoms with Crippen molar-refractivity contribution in [1.82, 2.24) is 40.7 Å². The standard InChI is InChI=1S/C31H30ClF3N10O6/c32-20-6-4-19(5-7-20)30(10-11-30)44-28-41-27(42-29(43-28)51-17-31(33,34)35)39-21-8-2-18(3-9-21)23(46)40-22(26(49)50)16-37-25(48)24(47)36-13-15-45-14-1-12-38-45/h1-9,12,14,22H,10-11,13,15-17H2,(H,36,47)(H,37,48)(H,40,46)(H,49,50)(H2,39,41,42,43,44)/t22-/m0/s1. The number of alkyl halides is 3. The quantitative estimate of drug-likeness (QED) is 0.0975. The van der Waals surface area contributed by atoms with Crippen LogP contribution in [-0.2, 0) is 26.5 Å². The number of rotatable bonds is 15. The number of nitrogens with zero attached hydrogens (tertiary/aromatic N) is 5. The van der Waals surface area contributed by atoms with Gasteiger partial charge in [-0.2, -0.15) is 33.2 Å². The number of hydrogen-bond acceptors (Lipinski definition) is 11. The molecule has 0 spiro atoms. The van der Waals surface area contributed by atoms with Crippen LogP contribution in [0.5, 0.6) is 6.01 Å². The van der Waals surface area contributed by atoms with Crippen molar-refractivity contribution in [3.8, 4) is 6.01 Å². The lowest BCUT2D eigenvalue weighted by molar-refractivity contribution is -0.154. The smallest absolute Gasteiger partial charge is 0.422 e. The van der Waals surface area contributed by atoms with Crippen molar-refractivity contribution >= 4 is 52.9 Å². The van der Waals surface area contributed by atoms with Gasteiger partial charge in [0, 0.05) is 41.8 Å². The molecule has 1 fully saturated rings. The van der Waals surface area contributed by atoms with Gasteiger partial charge in [0.25, 0.3) is 5.91 Å². The summed E-state index contributed by atoms with van der Waals surface area (Å²) in [7, 11) is 0. The number of halogens is 4. The van der Waals surface area contributed by atoms with Gasteiger partial charge in [0.15, 0.2) is 6.61 Å². The van der Waals surface area contributed by atoms with E-state index in [-0.39, 0.29) is 24.0 Å². The number of nitrogens with one attached hydrogen (secondary N) is 5. The molecule has 1 atom stereocenters. The Kier molecular flexibility index (Phi) is 11.2. The lowest BCUT2D eigenvalue weighted by Crippen LogP contribution is -2.51. The monoisotopic (exact) mass is 730 g/mol. The SMILES string of the molecule is O=C(NCCn1cccn1)C(=O)NC[C@H](NC(=O)c1ccc(Nc2nc(NC3(c4ccc(Cl)cc4)CC3)nc(OCC(F)(F)F)n2)cc1)C(=O)O. The fourth-order valence-electron chi connectivity index (χ4n) is 4.62. The highest BCUT2D eigenvalue weighted by molar-refractivity contribution is 6.35. The highest BCUT2D eigenvalue weighted by atomic mass is 35.5. The summed E-state index contributed by atoms with van der Waals surface area (Å²) in [4.78, 5) is 61.0. The molecular formula is C31H30ClF3N10O6. The molecule has 1 aliphatic carbocycles. The van der Waals surface area contributed by atoms with Gasteiger partial charge in [0.1, 0.15) is 6.04 Å². The second kappa shape index (κ2) is 15.7. The van der Waals surface area contributed by atoms with Crippen molar-refractivity contribution in [1.29, 1.82) is 0 Å². The van der Waals surface area contributed by atoms with Crippen LogP contribution in [0.15, 0.2) is 67.0 Å². The molecule has 2 aromatic carbocycles. The average molecular weight is 731 g/mol. The number of carboxylic acids is 1. The number of hydrogen-bond donors (Lipinski definition) is 6. The summed E-state index contributed by atoms with van der Waals surface area (Å²) in [5.41, 5.74) is 0.651. The van der Waals surface area contributed by atoms with Crippen molar-refractivity contribution in [3.05, 3.63) is 83.1 Å². The normalized spacial score (nSPS) is 13.7. The maximum Gasteiger partial charge on any atom is 0.422 e. The van der Waals surface area contributed by atoms with Crippen LogP contribution in [-0.4, -0.2) is 85.4 Å². The minimum absolute atomic E-state index is 0.0281. The summed E-state index contributed by atoms with van der Waals surface area (Å²) in [6.45, 7) is -1.81. The molecular weight excluding hydrogens is 701 g/mol. The molecule has 0 radical (unpaired) electrons. The highest BCUT2D eigenvalue weighted by Crippen LogP contribution is 2.48. The Balaban J connectivity index is 1.20. The molecule has 0 saturated heterocycles. The van der Waals surface area contributed by atoms with Gasteiger partial charge in [-0.25, -0.2) is 4.79 Å². The number of carbonyl (C=O) groups is 4. The zero-order chi connectivity index (χ0) is 36.6. The summed E-state index contributed by atoms with van der Waals surface area (Å²) < 4.78 is 45.0. The Bertz CT molecular complexity index is 1860. The fourth-order valence-corrected chi connectivity index (χ4v) is 4.75. The molecule has 16 nitrogen and oxygen atoms in total. The van der Waals surface area contributed by atoms with E-state index in [0.717, 1.165) is 5.56 Å². The summed E-state index contributed by atoms with van der Waals surface area (Å²) in [6, 6.07) is 12.1. The number of benzene rings is 2. The Morgan fingerprint density at radius 2 is 1.65 bits per heavy atom. The second-order valence-electron chi connectivity index (χ2n) is 11.2. The molecule has 1 aliphatic rings. The number of amides is 3. The fraction of sp³-hybridized carbons (Fsp3) is 0.290. The summed E-state index contributed by atoms with van der Waals surface area (Å²) >= 11 is 6.01. The molecule has 2 heterocycles. The molecule has 3 amide bonds. The van der Waals surface area contributed by atoms with Crippen LogP contribution in [0.4, 0.5) is 30.8 Å². The molecule has 268 valence electrons. The molecule has 1 saturated carbocycles. The van der Waals surface area contributed by atoms with E-state index in [9.17, 15) is 37.5 Å². The first-order valence-electron chi connectivity index (χ1n) is 15.2. The Labute approximate surface area is 292 Å². The maximum atomic E-state index is 12.9. The van der Waals surface area contributed by atoms with Gasteiger partial charge in [-0.1, -0.05) is 23.7 Å². The van der Waals surface area contributed by atoms with Crippen molar-refractivity contribution in [3.63, 3.8) is 0 Å². The first-order valence-corrected chi connectivity index (χ1v) is 15.6. The Morgan fingerprint density at radius 3 is 2.27 bits per heavy atom. The van der Waals surface area contributed by atoms with Crippen molar-refractivity contribution < 1.29 is 42.2 Å². The van der Waals surface area contributed by atoms with E-state index in [0.29, 0.717) is 30.1 Å². The minimum atomic E-state index is -4.65. The summed E-state index contributed by atoms with van der Waals surface area (Å²) in [5.74, 6) is -4.57. The van der Waals surface area contributed by atoms with E-state index in [1.54, 1.807) is 35.3 Å².